The highest BCUT2D eigenvalue weighted by molar-refractivity contribution is 6.06. The fourth-order valence-corrected chi connectivity index (χ4v) is 3.25. The molecule has 1 aliphatic rings. The smallest absolute Gasteiger partial charge is 0.259 e. The predicted octanol–water partition coefficient (Wildman–Crippen LogP) is 1.98. The van der Waals surface area contributed by atoms with Gasteiger partial charge in [-0.15, -0.1) is 5.10 Å². The van der Waals surface area contributed by atoms with Crippen LogP contribution in [0.1, 0.15) is 29.2 Å². The summed E-state index contributed by atoms with van der Waals surface area (Å²) >= 11 is 0. The third kappa shape index (κ3) is 3.36. The standard InChI is InChI=1S/C18H21N7O/c1-23-10-6-14(7-11-23)24-12-8-17(21-24)20-18(26)15-4-2-3-5-16(15)25-13-9-19-22-25/h2-5,8-9,12-14H,6-7,10-11H2,1H3,(H,20,21,26). The molecule has 1 N–H and O–H groups in total. The second kappa shape index (κ2) is 7.09. The average molecular weight is 351 g/mol. The van der Waals surface area contributed by atoms with E-state index in [1.54, 1.807) is 23.1 Å². The summed E-state index contributed by atoms with van der Waals surface area (Å²) in [5, 5.41) is 15.2. The first-order chi connectivity index (χ1) is 12.7. The lowest BCUT2D eigenvalue weighted by molar-refractivity contribution is 0.102. The molecule has 26 heavy (non-hydrogen) atoms. The molecule has 1 aliphatic heterocycles. The van der Waals surface area contributed by atoms with E-state index in [0.29, 0.717) is 23.1 Å². The normalized spacial score (nSPS) is 15.9. The number of carbonyl (C=O) groups is 1. The number of nitrogens with zero attached hydrogens (tertiary/aromatic N) is 6. The summed E-state index contributed by atoms with van der Waals surface area (Å²) in [7, 11) is 2.14. The van der Waals surface area contributed by atoms with Crippen molar-refractivity contribution in [3.8, 4) is 5.69 Å². The molecule has 0 bridgehead atoms. The van der Waals surface area contributed by atoms with Crippen molar-refractivity contribution in [3.63, 3.8) is 0 Å². The number of rotatable bonds is 4. The van der Waals surface area contributed by atoms with Crippen molar-refractivity contribution in [2.45, 2.75) is 18.9 Å². The quantitative estimate of drug-likeness (QED) is 0.777. The van der Waals surface area contributed by atoms with Gasteiger partial charge in [0.1, 0.15) is 0 Å². The topological polar surface area (TPSA) is 80.9 Å². The van der Waals surface area contributed by atoms with Crippen LogP contribution in [-0.2, 0) is 0 Å². The molecule has 1 fully saturated rings. The number of hydrogen-bond donors (Lipinski definition) is 1. The number of likely N-dealkylation sites (tertiary alicyclic amines) is 1. The van der Waals surface area contributed by atoms with Gasteiger partial charge in [0.25, 0.3) is 5.91 Å². The molecule has 1 amide bonds. The maximum Gasteiger partial charge on any atom is 0.259 e. The summed E-state index contributed by atoms with van der Waals surface area (Å²) in [5.74, 6) is 0.340. The van der Waals surface area contributed by atoms with Crippen LogP contribution in [0.15, 0.2) is 48.9 Å². The Bertz CT molecular complexity index is 879. The number of para-hydroxylation sites is 1. The Kier molecular flexibility index (Phi) is 4.49. The molecule has 0 spiro atoms. The zero-order valence-corrected chi connectivity index (χ0v) is 14.6. The maximum absolute atomic E-state index is 12.7. The van der Waals surface area contributed by atoms with Crippen LogP contribution in [0.2, 0.25) is 0 Å². The molecular formula is C18H21N7O. The highest BCUT2D eigenvalue weighted by atomic mass is 16.1. The lowest BCUT2D eigenvalue weighted by atomic mass is 10.1. The van der Waals surface area contributed by atoms with Crippen LogP contribution in [0.25, 0.3) is 5.69 Å². The van der Waals surface area contributed by atoms with E-state index in [0.717, 1.165) is 25.9 Å². The molecule has 1 saturated heterocycles. The van der Waals surface area contributed by atoms with Gasteiger partial charge in [0.2, 0.25) is 0 Å². The highest BCUT2D eigenvalue weighted by Crippen LogP contribution is 2.22. The van der Waals surface area contributed by atoms with Gasteiger partial charge < -0.3 is 10.2 Å². The van der Waals surface area contributed by atoms with Gasteiger partial charge in [0.05, 0.1) is 29.7 Å². The first-order valence-electron chi connectivity index (χ1n) is 8.71. The van der Waals surface area contributed by atoms with Gasteiger partial charge in [-0.25, -0.2) is 4.68 Å². The molecule has 0 radical (unpaired) electrons. The molecule has 134 valence electrons. The molecule has 0 aliphatic carbocycles. The molecule has 0 saturated carbocycles. The molecule has 1 aromatic carbocycles. The van der Waals surface area contributed by atoms with Crippen LogP contribution in [0.3, 0.4) is 0 Å². The maximum atomic E-state index is 12.7. The van der Waals surface area contributed by atoms with E-state index in [-0.39, 0.29) is 5.91 Å². The molecule has 8 nitrogen and oxygen atoms in total. The number of amides is 1. The van der Waals surface area contributed by atoms with Crippen molar-refractivity contribution in [1.82, 2.24) is 29.7 Å². The van der Waals surface area contributed by atoms with Gasteiger partial charge in [0, 0.05) is 12.3 Å². The summed E-state index contributed by atoms with van der Waals surface area (Å²) in [5.41, 5.74) is 1.20. The molecule has 3 heterocycles. The largest absolute Gasteiger partial charge is 0.306 e. The van der Waals surface area contributed by atoms with Crippen LogP contribution in [0.4, 0.5) is 5.82 Å². The first-order valence-corrected chi connectivity index (χ1v) is 8.71. The minimum absolute atomic E-state index is 0.218. The number of nitrogens with one attached hydrogen (secondary N) is 1. The van der Waals surface area contributed by atoms with E-state index in [2.05, 4.69) is 32.7 Å². The van der Waals surface area contributed by atoms with E-state index in [9.17, 15) is 4.79 Å². The van der Waals surface area contributed by atoms with Crippen LogP contribution >= 0.6 is 0 Å². The Morgan fingerprint density at radius 2 is 1.96 bits per heavy atom. The van der Waals surface area contributed by atoms with Crippen LogP contribution < -0.4 is 5.32 Å². The minimum Gasteiger partial charge on any atom is -0.306 e. The number of benzene rings is 1. The van der Waals surface area contributed by atoms with E-state index in [1.807, 2.05) is 35.1 Å². The van der Waals surface area contributed by atoms with Crippen LogP contribution in [-0.4, -0.2) is 55.7 Å². The Hall–Kier alpha value is -3.00. The lowest BCUT2D eigenvalue weighted by Gasteiger charge is -2.28. The second-order valence-corrected chi connectivity index (χ2v) is 6.53. The number of hydrogen-bond acceptors (Lipinski definition) is 5. The van der Waals surface area contributed by atoms with Crippen molar-refractivity contribution in [2.24, 2.45) is 0 Å². The summed E-state index contributed by atoms with van der Waals surface area (Å²) in [4.78, 5) is 15.1. The SMILES string of the molecule is CN1CCC(n2ccc(NC(=O)c3ccccc3-n3ccnn3)n2)CC1. The van der Waals surface area contributed by atoms with Crippen molar-refractivity contribution < 1.29 is 4.79 Å². The predicted molar refractivity (Wildman–Crippen MR) is 97.3 cm³/mol. The summed E-state index contributed by atoms with van der Waals surface area (Å²) < 4.78 is 3.54. The van der Waals surface area contributed by atoms with Gasteiger partial charge in [-0.1, -0.05) is 17.3 Å². The molecule has 3 aromatic rings. The van der Waals surface area contributed by atoms with Gasteiger partial charge in [0.15, 0.2) is 5.82 Å². The third-order valence-corrected chi connectivity index (χ3v) is 4.73. The fourth-order valence-electron chi connectivity index (χ4n) is 3.25. The van der Waals surface area contributed by atoms with Crippen molar-refractivity contribution >= 4 is 11.7 Å². The second-order valence-electron chi connectivity index (χ2n) is 6.53. The summed E-state index contributed by atoms with van der Waals surface area (Å²) in [6.45, 7) is 2.13. The van der Waals surface area contributed by atoms with Crippen molar-refractivity contribution in [1.29, 1.82) is 0 Å². The van der Waals surface area contributed by atoms with Gasteiger partial charge in [-0.2, -0.15) is 5.10 Å². The molecule has 8 heteroatoms. The fraction of sp³-hybridized carbons (Fsp3) is 0.333. The third-order valence-electron chi connectivity index (χ3n) is 4.73. The average Bonchev–Trinajstić information content (AvgIpc) is 3.34. The van der Waals surface area contributed by atoms with Crippen LogP contribution in [0, 0.1) is 0 Å². The highest BCUT2D eigenvalue weighted by Gasteiger charge is 2.20. The van der Waals surface area contributed by atoms with Crippen molar-refractivity contribution in [2.75, 3.05) is 25.5 Å². The monoisotopic (exact) mass is 351 g/mol. The summed E-state index contributed by atoms with van der Waals surface area (Å²) in [6.07, 6.45) is 7.37. The molecule has 2 aromatic heterocycles. The van der Waals surface area contributed by atoms with Crippen molar-refractivity contribution in [3.05, 3.63) is 54.5 Å². The Labute approximate surface area is 151 Å². The van der Waals surface area contributed by atoms with Crippen LogP contribution in [0.5, 0.6) is 0 Å². The number of aromatic nitrogens is 5. The Morgan fingerprint density at radius 3 is 2.73 bits per heavy atom. The van der Waals surface area contributed by atoms with E-state index >= 15 is 0 Å². The van der Waals surface area contributed by atoms with E-state index in [1.165, 1.54) is 0 Å². The summed E-state index contributed by atoms with van der Waals surface area (Å²) in [6, 6.07) is 9.52. The molecule has 0 atom stereocenters. The van der Waals surface area contributed by atoms with Gasteiger partial charge >= 0.3 is 0 Å². The van der Waals surface area contributed by atoms with E-state index < -0.39 is 0 Å². The minimum atomic E-state index is -0.218. The number of anilines is 1. The van der Waals surface area contributed by atoms with Gasteiger partial charge in [-0.05, 0) is 45.1 Å². The molecule has 4 rings (SSSR count). The van der Waals surface area contributed by atoms with E-state index in [4.69, 9.17) is 0 Å². The zero-order valence-electron chi connectivity index (χ0n) is 14.6. The Morgan fingerprint density at radius 1 is 1.15 bits per heavy atom. The molecule has 0 unspecified atom stereocenters. The Balaban J connectivity index is 1.50. The first kappa shape index (κ1) is 16.5. The number of piperidine rings is 1. The zero-order chi connectivity index (χ0) is 17.9. The lowest BCUT2D eigenvalue weighted by Crippen LogP contribution is -2.31. The van der Waals surface area contributed by atoms with Gasteiger partial charge in [-0.3, -0.25) is 9.48 Å². The number of carbonyl (C=O) groups excluding carboxylic acids is 1. The molecular weight excluding hydrogens is 330 g/mol.